The number of carbonyl (C=O) groups is 1. The van der Waals surface area contributed by atoms with Crippen molar-refractivity contribution in [3.05, 3.63) is 72.3 Å². The van der Waals surface area contributed by atoms with Gasteiger partial charge in [-0.1, -0.05) is 56.3 Å². The second-order valence-corrected chi connectivity index (χ2v) is 10.9. The van der Waals surface area contributed by atoms with E-state index in [0.29, 0.717) is 11.6 Å². The van der Waals surface area contributed by atoms with Crippen molar-refractivity contribution in [2.24, 2.45) is 0 Å². The maximum absolute atomic E-state index is 13.0. The van der Waals surface area contributed by atoms with E-state index in [9.17, 15) is 13.2 Å². The Bertz CT molecular complexity index is 1330. The molecule has 35 heavy (non-hydrogen) atoms. The number of hydrogen-bond acceptors (Lipinski definition) is 6. The van der Waals surface area contributed by atoms with E-state index in [1.54, 1.807) is 18.2 Å². The average Bonchev–Trinajstić information content (AvgIpc) is 3.42. The lowest BCUT2D eigenvalue weighted by molar-refractivity contribution is 0.00883. The number of benzene rings is 3. The fraction of sp³-hybridized carbons (Fsp3) is 0.346. The van der Waals surface area contributed by atoms with Crippen LogP contribution in [0, 0.1) is 0 Å². The van der Waals surface area contributed by atoms with Crippen LogP contribution in [-0.2, 0) is 24.2 Å². The van der Waals surface area contributed by atoms with Crippen LogP contribution in [0.4, 0.5) is 10.5 Å². The molecule has 0 aliphatic carbocycles. The fourth-order valence-electron chi connectivity index (χ4n) is 4.50. The highest BCUT2D eigenvalue weighted by atomic mass is 32.2. The highest BCUT2D eigenvalue weighted by molar-refractivity contribution is 7.89. The fourth-order valence-corrected chi connectivity index (χ4v) is 5.77. The Balaban J connectivity index is 1.20. The highest BCUT2D eigenvalue weighted by Crippen LogP contribution is 2.30. The first-order chi connectivity index (χ1) is 16.8. The Morgan fingerprint density at radius 1 is 0.943 bits per heavy atom. The molecule has 9 heteroatoms. The third kappa shape index (κ3) is 5.04. The Labute approximate surface area is 204 Å². The minimum absolute atomic E-state index is 0.125. The van der Waals surface area contributed by atoms with Gasteiger partial charge in [0, 0.05) is 5.69 Å². The first-order valence-corrected chi connectivity index (χ1v) is 13.1. The van der Waals surface area contributed by atoms with Crippen molar-refractivity contribution < 1.29 is 27.4 Å². The van der Waals surface area contributed by atoms with Crippen molar-refractivity contribution in [3.8, 4) is 0 Å². The largest absolute Gasteiger partial charge is 0.441 e. The maximum Gasteiger partial charge on any atom is 0.412 e. The van der Waals surface area contributed by atoms with Crippen molar-refractivity contribution in [2.75, 3.05) is 18.5 Å². The average molecular weight is 497 g/mol. The third-order valence-electron chi connectivity index (χ3n) is 6.43. The van der Waals surface area contributed by atoms with E-state index in [1.807, 2.05) is 48.5 Å². The smallest absolute Gasteiger partial charge is 0.412 e. The Morgan fingerprint density at radius 2 is 1.66 bits per heavy atom. The van der Waals surface area contributed by atoms with E-state index in [2.05, 4.69) is 23.9 Å². The monoisotopic (exact) mass is 496 g/mol. The van der Waals surface area contributed by atoms with E-state index in [4.69, 9.17) is 14.2 Å². The molecule has 184 valence electrons. The van der Waals surface area contributed by atoms with Gasteiger partial charge in [0.05, 0.1) is 24.2 Å². The molecular formula is C26H28N2O6S. The molecule has 3 aromatic carbocycles. The molecule has 8 nitrogen and oxygen atoms in total. The maximum atomic E-state index is 13.0. The number of hydrogen-bond donors (Lipinski definition) is 2. The van der Waals surface area contributed by atoms with Crippen LogP contribution in [0.1, 0.15) is 25.3 Å². The summed E-state index contributed by atoms with van der Waals surface area (Å²) in [5, 5.41) is 4.52. The molecule has 1 amide bonds. The number of sulfonamides is 1. The van der Waals surface area contributed by atoms with Crippen LogP contribution >= 0.6 is 0 Å². The van der Waals surface area contributed by atoms with E-state index in [0.717, 1.165) is 10.8 Å². The second kappa shape index (κ2) is 9.58. The van der Waals surface area contributed by atoms with Gasteiger partial charge in [-0.2, -0.15) is 0 Å². The molecule has 5 rings (SSSR count). The lowest BCUT2D eigenvalue weighted by Crippen LogP contribution is -2.44. The van der Waals surface area contributed by atoms with Crippen LogP contribution < -0.4 is 10.0 Å². The summed E-state index contributed by atoms with van der Waals surface area (Å²) in [4.78, 5) is 12.6. The van der Waals surface area contributed by atoms with Crippen LogP contribution in [0.25, 0.3) is 10.8 Å². The topological polar surface area (TPSA) is 103 Å². The van der Waals surface area contributed by atoms with E-state index in [-0.39, 0.29) is 18.1 Å². The molecule has 0 spiro atoms. The van der Waals surface area contributed by atoms with Gasteiger partial charge >= 0.3 is 6.09 Å². The van der Waals surface area contributed by atoms with Gasteiger partial charge in [0.2, 0.25) is 10.0 Å². The number of rotatable bonds is 6. The van der Waals surface area contributed by atoms with Gasteiger partial charge < -0.3 is 14.2 Å². The summed E-state index contributed by atoms with van der Waals surface area (Å²) in [5.74, 6) is 0.398. The molecule has 0 unspecified atom stereocenters. The normalized spacial score (nSPS) is 24.0. The Morgan fingerprint density at radius 3 is 2.40 bits per heavy atom. The summed E-state index contributed by atoms with van der Waals surface area (Å²) in [6, 6.07) is 19.6. The zero-order valence-corrected chi connectivity index (χ0v) is 20.3. The molecule has 2 aliphatic rings. The quantitative estimate of drug-likeness (QED) is 0.534. The Kier molecular flexibility index (Phi) is 6.50. The molecule has 2 fully saturated rings. The van der Waals surface area contributed by atoms with E-state index < -0.39 is 40.5 Å². The molecule has 0 bridgehead atoms. The number of nitrogens with one attached hydrogen (secondary N) is 2. The van der Waals surface area contributed by atoms with Crippen LogP contribution in [0.5, 0.6) is 0 Å². The molecule has 0 aromatic heterocycles. The van der Waals surface area contributed by atoms with Gasteiger partial charge in [0.1, 0.15) is 12.2 Å². The first-order valence-electron chi connectivity index (χ1n) is 11.6. The van der Waals surface area contributed by atoms with Gasteiger partial charge in [0.15, 0.2) is 6.10 Å². The van der Waals surface area contributed by atoms with Gasteiger partial charge in [-0.25, -0.2) is 17.9 Å². The van der Waals surface area contributed by atoms with Crippen molar-refractivity contribution in [3.63, 3.8) is 0 Å². The van der Waals surface area contributed by atoms with Crippen LogP contribution in [0.3, 0.4) is 0 Å². The predicted molar refractivity (Wildman–Crippen MR) is 132 cm³/mol. The summed E-state index contributed by atoms with van der Waals surface area (Å²) >= 11 is 0. The lowest BCUT2D eigenvalue weighted by Gasteiger charge is -2.18. The van der Waals surface area contributed by atoms with Crippen LogP contribution in [0.15, 0.2) is 71.6 Å². The second-order valence-electron chi connectivity index (χ2n) is 9.18. The Hall–Kier alpha value is -2.98. The van der Waals surface area contributed by atoms with Crippen molar-refractivity contribution >= 4 is 32.6 Å². The molecule has 0 radical (unpaired) electrons. The van der Waals surface area contributed by atoms with E-state index >= 15 is 0 Å². The predicted octanol–water partition coefficient (Wildman–Crippen LogP) is 4.03. The molecule has 2 heterocycles. The number of carbonyl (C=O) groups excluding carboxylic acids is 1. The number of fused-ring (bicyclic) bond motifs is 2. The minimum atomic E-state index is -3.79. The SMILES string of the molecule is CC(C)c1ccc(NC(=O)O[C@@H]2CO[C@H]3[C@@H]2OC[C@@H]3NS(=O)(=O)c2ccc3ccccc3c2)cc1. The molecule has 3 aromatic rings. The summed E-state index contributed by atoms with van der Waals surface area (Å²) < 4.78 is 45.9. The van der Waals surface area contributed by atoms with Gasteiger partial charge in [-0.3, -0.25) is 5.32 Å². The van der Waals surface area contributed by atoms with Gasteiger partial charge in [-0.15, -0.1) is 0 Å². The standard InChI is InChI=1S/C26H28N2O6S/c1-16(2)17-7-10-20(11-8-17)27-26(29)34-23-15-33-24-22(14-32-25(23)24)28-35(30,31)21-12-9-18-5-3-4-6-19(18)13-21/h3-13,16,22-25,28H,14-15H2,1-2H3,(H,27,29)/t22-,23+,24+,25+/m0/s1. The van der Waals surface area contributed by atoms with Gasteiger partial charge in [0.25, 0.3) is 0 Å². The number of ether oxygens (including phenoxy) is 3. The minimum Gasteiger partial charge on any atom is -0.441 e. The van der Waals surface area contributed by atoms with E-state index in [1.165, 1.54) is 5.56 Å². The number of anilines is 1. The molecule has 2 aliphatic heterocycles. The molecule has 2 saturated heterocycles. The summed E-state index contributed by atoms with van der Waals surface area (Å²) in [5.41, 5.74) is 1.80. The third-order valence-corrected chi connectivity index (χ3v) is 7.92. The molecular weight excluding hydrogens is 468 g/mol. The number of amides is 1. The molecule has 2 N–H and O–H groups in total. The first kappa shape index (κ1) is 23.7. The van der Waals surface area contributed by atoms with Crippen molar-refractivity contribution in [1.29, 1.82) is 0 Å². The zero-order valence-electron chi connectivity index (χ0n) is 19.5. The van der Waals surface area contributed by atoms with Crippen LogP contribution in [0.2, 0.25) is 0 Å². The summed E-state index contributed by atoms with van der Waals surface area (Å²) in [7, 11) is -3.79. The van der Waals surface area contributed by atoms with Crippen LogP contribution in [-0.4, -0.2) is 52.1 Å². The molecule has 0 saturated carbocycles. The zero-order chi connectivity index (χ0) is 24.6. The highest BCUT2D eigenvalue weighted by Gasteiger charge is 2.50. The van der Waals surface area contributed by atoms with Gasteiger partial charge in [-0.05, 0) is 46.5 Å². The lowest BCUT2D eigenvalue weighted by atomic mass is 10.0. The summed E-state index contributed by atoms with van der Waals surface area (Å²) in [6.07, 6.45) is -2.34. The van der Waals surface area contributed by atoms with Crippen molar-refractivity contribution in [1.82, 2.24) is 4.72 Å². The van der Waals surface area contributed by atoms with Crippen molar-refractivity contribution in [2.45, 2.75) is 49.0 Å². The summed E-state index contributed by atoms with van der Waals surface area (Å²) in [6.45, 7) is 4.46. The molecule has 4 atom stereocenters.